The number of halogens is 2. The maximum absolute atomic E-state index is 14.3. The van der Waals surface area contributed by atoms with Crippen LogP contribution in [-0.4, -0.2) is 51.3 Å². The van der Waals surface area contributed by atoms with Crippen molar-refractivity contribution < 1.29 is 38.6 Å². The Bertz CT molecular complexity index is 1590. The Hall–Kier alpha value is -4.05. The SMILES string of the molecule is C[C@@]12C(=O)N(c3ccc(F)c(Cl)c3)C(=O)[C@@H]1C[C@@H]1C(=CC[C@@H]3C(=O)N(CCCC(=O)O)C(=O)[C@@H]31)[C@@H]2c1ccccc1O. The van der Waals surface area contributed by atoms with Crippen LogP contribution in [0.15, 0.2) is 54.1 Å². The van der Waals surface area contributed by atoms with Crippen LogP contribution in [-0.2, 0) is 24.0 Å². The maximum atomic E-state index is 14.3. The first-order valence-electron chi connectivity index (χ1n) is 13.8. The number of benzene rings is 2. The van der Waals surface area contributed by atoms with E-state index in [1.807, 2.05) is 6.08 Å². The van der Waals surface area contributed by atoms with Crippen LogP contribution in [0.3, 0.4) is 0 Å². The van der Waals surface area contributed by atoms with Gasteiger partial charge in [0.15, 0.2) is 0 Å². The number of carbonyl (C=O) groups is 5. The highest BCUT2D eigenvalue weighted by atomic mass is 35.5. The summed E-state index contributed by atoms with van der Waals surface area (Å²) >= 11 is 6.00. The number of anilines is 1. The lowest BCUT2D eigenvalue weighted by molar-refractivity contribution is -0.142. The molecule has 0 spiro atoms. The zero-order valence-corrected chi connectivity index (χ0v) is 23.4. The number of fused-ring (bicyclic) bond motifs is 4. The summed E-state index contributed by atoms with van der Waals surface area (Å²) in [7, 11) is 0. The van der Waals surface area contributed by atoms with Crippen molar-refractivity contribution >= 4 is 46.9 Å². The molecule has 2 heterocycles. The number of aliphatic carboxylic acids is 1. The third kappa shape index (κ3) is 3.99. The molecule has 3 fully saturated rings. The number of para-hydroxylation sites is 1. The predicted molar refractivity (Wildman–Crippen MR) is 148 cm³/mol. The number of hydrogen-bond acceptors (Lipinski definition) is 6. The first-order chi connectivity index (χ1) is 20.0. The average molecular weight is 595 g/mol. The number of phenolic OH excluding ortho intramolecular Hbond substituents is 1. The van der Waals surface area contributed by atoms with E-state index in [1.54, 1.807) is 25.1 Å². The number of carboxylic acid groups (broad SMARTS) is 1. The van der Waals surface area contributed by atoms with Crippen LogP contribution < -0.4 is 4.90 Å². The fraction of sp³-hybridized carbons (Fsp3) is 0.387. The summed E-state index contributed by atoms with van der Waals surface area (Å²) in [6, 6.07) is 10.2. The zero-order chi connectivity index (χ0) is 30.1. The molecule has 218 valence electrons. The van der Waals surface area contributed by atoms with E-state index in [9.17, 15) is 33.5 Å². The number of carbonyl (C=O) groups excluding carboxylic acids is 4. The summed E-state index contributed by atoms with van der Waals surface area (Å²) in [6.07, 6.45) is 2.16. The minimum absolute atomic E-state index is 0.0143. The van der Waals surface area contributed by atoms with Gasteiger partial charge >= 0.3 is 5.97 Å². The van der Waals surface area contributed by atoms with Crippen LogP contribution >= 0.6 is 11.6 Å². The number of likely N-dealkylation sites (tertiary alicyclic amines) is 1. The summed E-state index contributed by atoms with van der Waals surface area (Å²) in [4.78, 5) is 68.6. The van der Waals surface area contributed by atoms with Crippen molar-refractivity contribution in [3.63, 3.8) is 0 Å². The Morgan fingerprint density at radius 3 is 2.50 bits per heavy atom. The highest BCUT2D eigenvalue weighted by molar-refractivity contribution is 6.31. The standard InChI is InChI=1S/C31H28ClFN2O7/c1-31-20(28(40)35(30(31)42)15-8-11-22(33)21(32)13-15)14-19-16(26(31)17-5-2-3-6-23(17)36)9-10-18-25(19)29(41)34(27(18)39)12-4-7-24(37)38/h2-3,5-6,8-9,11,13,18-20,25-26,36H,4,7,10,12,14H2,1H3,(H,37,38)/t18-,19+,20-,25-,26+,31+/m0/s1. The van der Waals surface area contributed by atoms with E-state index in [4.69, 9.17) is 16.7 Å². The molecule has 0 unspecified atom stereocenters. The molecular weight excluding hydrogens is 567 g/mol. The Morgan fingerprint density at radius 1 is 1.07 bits per heavy atom. The van der Waals surface area contributed by atoms with Crippen LogP contribution in [0.5, 0.6) is 5.75 Å². The first kappa shape index (κ1) is 28.1. The van der Waals surface area contributed by atoms with E-state index in [0.29, 0.717) is 11.1 Å². The molecule has 2 aliphatic carbocycles. The topological polar surface area (TPSA) is 132 Å². The Labute approximate surface area is 245 Å². The fourth-order valence-corrected chi connectivity index (χ4v) is 7.81. The van der Waals surface area contributed by atoms with Crippen molar-refractivity contribution in [2.24, 2.45) is 29.1 Å². The predicted octanol–water partition coefficient (Wildman–Crippen LogP) is 4.28. The minimum atomic E-state index is -1.36. The van der Waals surface area contributed by atoms with Crippen LogP contribution in [0.2, 0.25) is 5.02 Å². The largest absolute Gasteiger partial charge is 0.508 e. The van der Waals surface area contributed by atoms with E-state index >= 15 is 0 Å². The molecule has 42 heavy (non-hydrogen) atoms. The summed E-state index contributed by atoms with van der Waals surface area (Å²) < 4.78 is 14.0. The smallest absolute Gasteiger partial charge is 0.303 e. The van der Waals surface area contributed by atoms with Crippen molar-refractivity contribution in [3.05, 3.63) is 70.5 Å². The Morgan fingerprint density at radius 2 is 1.81 bits per heavy atom. The molecule has 0 bridgehead atoms. The third-order valence-electron chi connectivity index (χ3n) is 9.55. The average Bonchev–Trinajstić information content (AvgIpc) is 3.30. The number of allylic oxidation sites excluding steroid dienone is 2. The van der Waals surface area contributed by atoms with Gasteiger partial charge in [-0.15, -0.1) is 0 Å². The van der Waals surface area contributed by atoms with Gasteiger partial charge in [0.2, 0.25) is 23.6 Å². The molecule has 4 amide bonds. The molecule has 2 aromatic carbocycles. The normalized spacial score (nSPS) is 30.3. The van der Waals surface area contributed by atoms with Crippen LogP contribution in [0.1, 0.15) is 44.1 Å². The van der Waals surface area contributed by atoms with E-state index in [-0.39, 0.29) is 54.6 Å². The number of rotatable bonds is 6. The highest BCUT2D eigenvalue weighted by Crippen LogP contribution is 2.64. The molecule has 4 aliphatic rings. The van der Waals surface area contributed by atoms with Gasteiger partial charge in [-0.25, -0.2) is 9.29 Å². The number of phenols is 1. The second-order valence-electron chi connectivity index (χ2n) is 11.6. The molecule has 11 heteroatoms. The highest BCUT2D eigenvalue weighted by Gasteiger charge is 2.67. The van der Waals surface area contributed by atoms with E-state index < -0.39 is 64.5 Å². The molecule has 2 saturated heterocycles. The lowest BCUT2D eigenvalue weighted by Crippen LogP contribution is -2.48. The second kappa shape index (κ2) is 10.0. The number of aromatic hydroxyl groups is 1. The van der Waals surface area contributed by atoms with Gasteiger partial charge in [0.25, 0.3) is 0 Å². The zero-order valence-electron chi connectivity index (χ0n) is 22.6. The minimum Gasteiger partial charge on any atom is -0.508 e. The number of imide groups is 2. The van der Waals surface area contributed by atoms with Crippen molar-refractivity contribution in [2.45, 2.75) is 38.5 Å². The fourth-order valence-electron chi connectivity index (χ4n) is 7.64. The molecule has 0 aromatic heterocycles. The molecule has 9 nitrogen and oxygen atoms in total. The summed E-state index contributed by atoms with van der Waals surface area (Å²) in [5.74, 6) is -7.34. The van der Waals surface area contributed by atoms with Crippen molar-refractivity contribution in [2.75, 3.05) is 11.4 Å². The van der Waals surface area contributed by atoms with Crippen molar-refractivity contribution in [1.29, 1.82) is 0 Å². The summed E-state index contributed by atoms with van der Waals surface area (Å²) in [6.45, 7) is 1.67. The molecule has 6 rings (SSSR count). The second-order valence-corrected chi connectivity index (χ2v) is 12.1. The van der Waals surface area contributed by atoms with Gasteiger partial charge in [0.1, 0.15) is 11.6 Å². The van der Waals surface area contributed by atoms with Crippen LogP contribution in [0.4, 0.5) is 10.1 Å². The number of amides is 4. The van der Waals surface area contributed by atoms with E-state index in [2.05, 4.69) is 0 Å². The first-order valence-corrected chi connectivity index (χ1v) is 14.2. The molecule has 0 radical (unpaired) electrons. The van der Waals surface area contributed by atoms with Gasteiger partial charge < -0.3 is 10.2 Å². The molecule has 2 aromatic rings. The summed E-state index contributed by atoms with van der Waals surface area (Å²) in [5.41, 5.74) is -0.104. The Kier molecular flexibility index (Phi) is 6.72. The van der Waals surface area contributed by atoms with Gasteiger partial charge in [-0.1, -0.05) is 41.4 Å². The maximum Gasteiger partial charge on any atom is 0.303 e. The van der Waals surface area contributed by atoms with Crippen molar-refractivity contribution in [3.8, 4) is 5.75 Å². The van der Waals surface area contributed by atoms with Gasteiger partial charge in [-0.3, -0.25) is 28.9 Å². The molecule has 2 aliphatic heterocycles. The number of carboxylic acids is 1. The van der Waals surface area contributed by atoms with Crippen LogP contribution in [0, 0.1) is 34.9 Å². The molecular formula is C31H28ClFN2O7. The van der Waals surface area contributed by atoms with E-state index in [1.165, 1.54) is 18.2 Å². The lowest BCUT2D eigenvalue weighted by Gasteiger charge is -2.49. The van der Waals surface area contributed by atoms with Gasteiger partial charge in [-0.2, -0.15) is 0 Å². The number of hydrogen-bond donors (Lipinski definition) is 2. The quantitative estimate of drug-likeness (QED) is 0.377. The molecule has 1 saturated carbocycles. The van der Waals surface area contributed by atoms with E-state index in [0.717, 1.165) is 15.9 Å². The van der Waals surface area contributed by atoms with Crippen molar-refractivity contribution in [1.82, 2.24) is 4.90 Å². The number of nitrogens with zero attached hydrogens (tertiary/aromatic N) is 2. The summed E-state index contributed by atoms with van der Waals surface area (Å²) in [5, 5.41) is 19.8. The third-order valence-corrected chi connectivity index (χ3v) is 9.84. The van der Waals surface area contributed by atoms with Gasteiger partial charge in [0.05, 0.1) is 33.9 Å². The van der Waals surface area contributed by atoms with Gasteiger partial charge in [0, 0.05) is 24.4 Å². The van der Waals surface area contributed by atoms with Gasteiger partial charge in [-0.05, 0) is 56.4 Å². The van der Waals surface area contributed by atoms with Crippen LogP contribution in [0.25, 0.3) is 0 Å². The lowest BCUT2D eigenvalue weighted by atomic mass is 9.51. The molecule has 2 N–H and O–H groups in total. The monoisotopic (exact) mass is 594 g/mol. The Balaban J connectivity index is 1.45. The molecule has 6 atom stereocenters.